The summed E-state index contributed by atoms with van der Waals surface area (Å²) in [6.45, 7) is 1.45. The Hall–Kier alpha value is -3.66. The molecule has 1 unspecified atom stereocenters. The van der Waals surface area contributed by atoms with Gasteiger partial charge in [0.15, 0.2) is 6.17 Å². The van der Waals surface area contributed by atoms with Crippen molar-refractivity contribution in [2.75, 3.05) is 39.1 Å². The number of nitrogens with one attached hydrogen (secondary N) is 3. The van der Waals surface area contributed by atoms with Crippen molar-refractivity contribution in [1.29, 1.82) is 0 Å². The normalized spacial score (nSPS) is 11.5. The van der Waals surface area contributed by atoms with Crippen LogP contribution >= 0.6 is 0 Å². The second-order valence-corrected chi connectivity index (χ2v) is 8.28. The lowest BCUT2D eigenvalue weighted by atomic mass is 10.2. The third kappa shape index (κ3) is 11.9. The van der Waals surface area contributed by atoms with Gasteiger partial charge in [-0.1, -0.05) is 6.07 Å². The van der Waals surface area contributed by atoms with Crippen molar-refractivity contribution in [3.05, 3.63) is 54.4 Å². The monoisotopic (exact) mass is 485 g/mol. The van der Waals surface area contributed by atoms with Gasteiger partial charge in [0, 0.05) is 43.4 Å². The average molecular weight is 486 g/mol. The molecule has 0 aliphatic carbocycles. The summed E-state index contributed by atoms with van der Waals surface area (Å²) in [5.74, 6) is -0.843. The second kappa shape index (κ2) is 15.3. The van der Waals surface area contributed by atoms with Gasteiger partial charge in [-0.2, -0.15) is 0 Å². The Morgan fingerprint density at radius 1 is 1.06 bits per heavy atom. The standard InChI is InChI=1S/C25H35N5O5/c1-30(2)17-5-8-22(31)29-24(25(34)27-16-14-19-7-3-4-15-26-19)28-20-10-12-21(13-11-20)35-18-6-9-23(32)33/h3-4,7,10-13,15,24,28H,5-6,8-9,14,16-18H2,1-2H3,(H,27,34)(H,29,31)(H,32,33). The number of carboxylic acid groups (broad SMARTS) is 1. The van der Waals surface area contributed by atoms with E-state index in [9.17, 15) is 14.4 Å². The molecule has 1 heterocycles. The van der Waals surface area contributed by atoms with E-state index in [1.54, 1.807) is 30.5 Å². The van der Waals surface area contributed by atoms with E-state index in [0.717, 1.165) is 12.2 Å². The molecular formula is C25H35N5O5. The van der Waals surface area contributed by atoms with Crippen molar-refractivity contribution >= 4 is 23.5 Å². The van der Waals surface area contributed by atoms with E-state index in [-0.39, 0.29) is 18.2 Å². The van der Waals surface area contributed by atoms with E-state index < -0.39 is 12.1 Å². The van der Waals surface area contributed by atoms with Gasteiger partial charge < -0.3 is 30.7 Å². The predicted molar refractivity (Wildman–Crippen MR) is 133 cm³/mol. The third-order valence-electron chi connectivity index (χ3n) is 4.95. The van der Waals surface area contributed by atoms with E-state index in [1.807, 2.05) is 37.2 Å². The Morgan fingerprint density at radius 2 is 1.83 bits per heavy atom. The predicted octanol–water partition coefficient (Wildman–Crippen LogP) is 1.88. The van der Waals surface area contributed by atoms with Crippen molar-refractivity contribution in [2.45, 2.75) is 38.3 Å². The Kier molecular flexibility index (Phi) is 12.0. The minimum absolute atomic E-state index is 0.0466. The number of nitrogens with zero attached hydrogens (tertiary/aromatic N) is 2. The number of hydrogen-bond acceptors (Lipinski definition) is 7. The van der Waals surface area contributed by atoms with Gasteiger partial charge in [0.05, 0.1) is 6.61 Å². The first-order chi connectivity index (χ1) is 16.8. The molecule has 2 amide bonds. The largest absolute Gasteiger partial charge is 0.494 e. The van der Waals surface area contributed by atoms with Crippen molar-refractivity contribution in [1.82, 2.24) is 20.5 Å². The number of aromatic nitrogens is 1. The molecule has 0 bridgehead atoms. The third-order valence-corrected chi connectivity index (χ3v) is 4.95. The summed E-state index contributed by atoms with van der Waals surface area (Å²) in [5, 5.41) is 17.4. The molecule has 1 aromatic carbocycles. The van der Waals surface area contributed by atoms with Crippen LogP contribution in [0.15, 0.2) is 48.7 Å². The van der Waals surface area contributed by atoms with Crippen molar-refractivity contribution < 1.29 is 24.2 Å². The second-order valence-electron chi connectivity index (χ2n) is 8.28. The Balaban J connectivity index is 1.93. The zero-order valence-corrected chi connectivity index (χ0v) is 20.3. The highest BCUT2D eigenvalue weighted by Gasteiger charge is 2.20. The van der Waals surface area contributed by atoms with Gasteiger partial charge in [-0.05, 0) is 69.9 Å². The molecule has 0 fully saturated rings. The topological polar surface area (TPSA) is 133 Å². The summed E-state index contributed by atoms with van der Waals surface area (Å²) in [7, 11) is 3.88. The minimum atomic E-state index is -0.951. The summed E-state index contributed by atoms with van der Waals surface area (Å²) in [6, 6.07) is 12.5. The number of rotatable bonds is 16. The molecule has 10 heteroatoms. The number of carbonyl (C=O) groups excluding carboxylic acids is 2. The molecule has 0 aliphatic heterocycles. The highest BCUT2D eigenvalue weighted by molar-refractivity contribution is 5.89. The zero-order valence-electron chi connectivity index (χ0n) is 20.3. The number of amides is 2. The first kappa shape index (κ1) is 27.6. The number of pyridine rings is 1. The van der Waals surface area contributed by atoms with Crippen LogP contribution in [0.3, 0.4) is 0 Å². The lowest BCUT2D eigenvalue weighted by Crippen LogP contribution is -2.51. The fourth-order valence-electron chi connectivity index (χ4n) is 3.15. The highest BCUT2D eigenvalue weighted by Crippen LogP contribution is 2.16. The van der Waals surface area contributed by atoms with Crippen molar-refractivity contribution in [3.8, 4) is 5.75 Å². The minimum Gasteiger partial charge on any atom is -0.494 e. The van der Waals surface area contributed by atoms with Crippen LogP contribution in [-0.4, -0.2) is 72.7 Å². The summed E-state index contributed by atoms with van der Waals surface area (Å²) < 4.78 is 5.54. The van der Waals surface area contributed by atoms with Crippen LogP contribution in [-0.2, 0) is 20.8 Å². The first-order valence-corrected chi connectivity index (χ1v) is 11.7. The summed E-state index contributed by atoms with van der Waals surface area (Å²) in [4.78, 5) is 42.1. The van der Waals surface area contributed by atoms with Crippen molar-refractivity contribution in [2.24, 2.45) is 0 Å². The van der Waals surface area contributed by atoms with E-state index >= 15 is 0 Å². The van der Waals surface area contributed by atoms with Gasteiger partial charge in [-0.3, -0.25) is 19.4 Å². The quantitative estimate of drug-likeness (QED) is 0.209. The van der Waals surface area contributed by atoms with E-state index in [1.165, 1.54) is 0 Å². The molecule has 2 rings (SSSR count). The SMILES string of the molecule is CN(C)CCCC(=O)NC(Nc1ccc(OCCCC(=O)O)cc1)C(=O)NCCc1ccccn1. The molecule has 0 spiro atoms. The Labute approximate surface area is 206 Å². The van der Waals surface area contributed by atoms with Crippen LogP contribution in [0.4, 0.5) is 5.69 Å². The average Bonchev–Trinajstić information content (AvgIpc) is 2.82. The highest BCUT2D eigenvalue weighted by atomic mass is 16.5. The lowest BCUT2D eigenvalue weighted by molar-refractivity contribution is -0.137. The molecule has 0 saturated carbocycles. The van der Waals surface area contributed by atoms with Gasteiger partial charge in [-0.15, -0.1) is 0 Å². The maximum absolute atomic E-state index is 12.9. The maximum atomic E-state index is 12.9. The van der Waals surface area contributed by atoms with Gasteiger partial charge in [0.2, 0.25) is 5.91 Å². The molecule has 2 aromatic rings. The van der Waals surface area contributed by atoms with Crippen LogP contribution in [0.1, 0.15) is 31.4 Å². The van der Waals surface area contributed by atoms with Crippen LogP contribution < -0.4 is 20.7 Å². The Morgan fingerprint density at radius 3 is 2.49 bits per heavy atom. The van der Waals surface area contributed by atoms with Crippen LogP contribution in [0.2, 0.25) is 0 Å². The molecule has 4 N–H and O–H groups in total. The number of benzene rings is 1. The first-order valence-electron chi connectivity index (χ1n) is 11.7. The van der Waals surface area contributed by atoms with E-state index in [2.05, 4.69) is 20.9 Å². The van der Waals surface area contributed by atoms with Gasteiger partial charge >= 0.3 is 5.97 Å². The Bertz CT molecular complexity index is 922. The molecule has 0 radical (unpaired) electrons. The molecular weight excluding hydrogens is 450 g/mol. The number of anilines is 1. The number of carboxylic acids is 1. The smallest absolute Gasteiger partial charge is 0.303 e. The van der Waals surface area contributed by atoms with Gasteiger partial charge in [-0.25, -0.2) is 0 Å². The molecule has 0 saturated heterocycles. The molecule has 1 atom stereocenters. The van der Waals surface area contributed by atoms with Crippen LogP contribution in [0.5, 0.6) is 5.75 Å². The fourth-order valence-corrected chi connectivity index (χ4v) is 3.15. The molecule has 0 aliphatic rings. The van der Waals surface area contributed by atoms with Gasteiger partial charge in [0.1, 0.15) is 5.75 Å². The summed E-state index contributed by atoms with van der Waals surface area (Å²) >= 11 is 0. The lowest BCUT2D eigenvalue weighted by Gasteiger charge is -2.21. The van der Waals surface area contributed by atoms with Crippen molar-refractivity contribution in [3.63, 3.8) is 0 Å². The number of carbonyl (C=O) groups is 3. The zero-order chi connectivity index (χ0) is 25.5. The summed E-state index contributed by atoms with van der Waals surface area (Å²) in [6.07, 6.45) is 2.77. The molecule has 1 aromatic heterocycles. The number of hydrogen-bond donors (Lipinski definition) is 4. The number of aliphatic carboxylic acids is 1. The fraction of sp³-hybridized carbons (Fsp3) is 0.440. The van der Waals surface area contributed by atoms with Crippen LogP contribution in [0.25, 0.3) is 0 Å². The van der Waals surface area contributed by atoms with E-state index in [4.69, 9.17) is 9.84 Å². The van der Waals surface area contributed by atoms with E-state index in [0.29, 0.717) is 50.3 Å². The summed E-state index contributed by atoms with van der Waals surface area (Å²) in [5.41, 5.74) is 1.49. The molecule has 10 nitrogen and oxygen atoms in total. The van der Waals surface area contributed by atoms with Crippen LogP contribution in [0, 0.1) is 0 Å². The number of ether oxygens (including phenoxy) is 1. The van der Waals surface area contributed by atoms with Gasteiger partial charge in [0.25, 0.3) is 5.91 Å². The maximum Gasteiger partial charge on any atom is 0.303 e. The molecule has 35 heavy (non-hydrogen) atoms. The molecule has 190 valence electrons.